The first-order valence-electron chi connectivity index (χ1n) is 6.34. The van der Waals surface area contributed by atoms with Gasteiger partial charge in [0.15, 0.2) is 0 Å². The van der Waals surface area contributed by atoms with Crippen LogP contribution >= 0.6 is 0 Å². The standard InChI is InChI=1S/C14H18N2O3/c1-11-7-15(8-12-5-3-2-4-6-12)13(10-17)9-16(11)14(18)19/h2-6,10-11,13H,7-9H2,1H3,(H,18,19)/t11-,13-/m1/s1. The van der Waals surface area contributed by atoms with Crippen molar-refractivity contribution in [1.82, 2.24) is 9.80 Å². The maximum absolute atomic E-state index is 11.2. The van der Waals surface area contributed by atoms with Crippen molar-refractivity contribution in [1.29, 1.82) is 0 Å². The van der Waals surface area contributed by atoms with Crippen molar-refractivity contribution in [3.8, 4) is 0 Å². The molecule has 5 heteroatoms. The SMILES string of the molecule is C[C@@H]1CN(Cc2ccccc2)[C@@H](C=O)CN1C(=O)O. The summed E-state index contributed by atoms with van der Waals surface area (Å²) >= 11 is 0. The highest BCUT2D eigenvalue weighted by Gasteiger charge is 2.33. The summed E-state index contributed by atoms with van der Waals surface area (Å²) in [6.07, 6.45) is -0.121. The van der Waals surface area contributed by atoms with Gasteiger partial charge in [-0.05, 0) is 12.5 Å². The molecular weight excluding hydrogens is 244 g/mol. The number of hydrogen-bond donors (Lipinski definition) is 1. The molecule has 1 fully saturated rings. The molecular formula is C14H18N2O3. The van der Waals surface area contributed by atoms with E-state index >= 15 is 0 Å². The van der Waals surface area contributed by atoms with E-state index in [9.17, 15) is 9.59 Å². The first-order chi connectivity index (χ1) is 9.11. The van der Waals surface area contributed by atoms with Crippen molar-refractivity contribution in [2.45, 2.75) is 25.6 Å². The normalized spacial score (nSPS) is 24.2. The number of aldehydes is 1. The Balaban J connectivity index is 2.09. The number of piperazine rings is 1. The van der Waals surface area contributed by atoms with E-state index in [1.807, 2.05) is 42.2 Å². The Morgan fingerprint density at radius 3 is 2.63 bits per heavy atom. The molecule has 0 saturated carbocycles. The lowest BCUT2D eigenvalue weighted by atomic mass is 10.1. The van der Waals surface area contributed by atoms with Crippen LogP contribution in [-0.4, -0.2) is 52.5 Å². The van der Waals surface area contributed by atoms with Crippen LogP contribution in [0.25, 0.3) is 0 Å². The van der Waals surface area contributed by atoms with Gasteiger partial charge in [0.25, 0.3) is 0 Å². The van der Waals surface area contributed by atoms with E-state index in [1.54, 1.807) is 0 Å². The van der Waals surface area contributed by atoms with Crippen molar-refractivity contribution in [2.24, 2.45) is 0 Å². The fourth-order valence-electron chi connectivity index (χ4n) is 2.47. The van der Waals surface area contributed by atoms with Crippen LogP contribution in [0, 0.1) is 0 Å². The molecule has 0 spiro atoms. The van der Waals surface area contributed by atoms with E-state index in [2.05, 4.69) is 0 Å². The minimum absolute atomic E-state index is 0.0996. The average Bonchev–Trinajstić information content (AvgIpc) is 2.39. The lowest BCUT2D eigenvalue weighted by Crippen LogP contribution is -2.58. The van der Waals surface area contributed by atoms with Gasteiger partial charge in [-0.25, -0.2) is 4.79 Å². The number of amides is 1. The summed E-state index contributed by atoms with van der Waals surface area (Å²) in [4.78, 5) is 25.6. The molecule has 1 N–H and O–H groups in total. The molecule has 0 unspecified atom stereocenters. The molecule has 1 aliphatic heterocycles. The molecule has 1 aromatic carbocycles. The minimum Gasteiger partial charge on any atom is -0.465 e. The van der Waals surface area contributed by atoms with E-state index in [0.717, 1.165) is 11.8 Å². The van der Waals surface area contributed by atoms with Crippen LogP contribution in [0.4, 0.5) is 4.79 Å². The third kappa shape index (κ3) is 3.12. The predicted molar refractivity (Wildman–Crippen MR) is 70.9 cm³/mol. The molecule has 0 aliphatic carbocycles. The Bertz CT molecular complexity index is 449. The van der Waals surface area contributed by atoms with Crippen LogP contribution in [0.5, 0.6) is 0 Å². The van der Waals surface area contributed by atoms with Crippen LogP contribution in [0.1, 0.15) is 12.5 Å². The van der Waals surface area contributed by atoms with Crippen molar-refractivity contribution >= 4 is 12.4 Å². The quantitative estimate of drug-likeness (QED) is 0.837. The van der Waals surface area contributed by atoms with Crippen molar-refractivity contribution in [3.05, 3.63) is 35.9 Å². The maximum Gasteiger partial charge on any atom is 0.407 e. The number of benzene rings is 1. The van der Waals surface area contributed by atoms with E-state index in [1.165, 1.54) is 4.90 Å². The largest absolute Gasteiger partial charge is 0.465 e. The lowest BCUT2D eigenvalue weighted by Gasteiger charge is -2.42. The Morgan fingerprint density at radius 1 is 1.37 bits per heavy atom. The van der Waals surface area contributed by atoms with Gasteiger partial charge >= 0.3 is 6.09 Å². The molecule has 0 radical (unpaired) electrons. The topological polar surface area (TPSA) is 60.9 Å². The van der Waals surface area contributed by atoms with Crippen LogP contribution < -0.4 is 0 Å². The fraction of sp³-hybridized carbons (Fsp3) is 0.429. The first-order valence-corrected chi connectivity index (χ1v) is 6.34. The lowest BCUT2D eigenvalue weighted by molar-refractivity contribution is -0.115. The van der Waals surface area contributed by atoms with E-state index in [4.69, 9.17) is 5.11 Å². The highest BCUT2D eigenvalue weighted by Crippen LogP contribution is 2.17. The first kappa shape index (κ1) is 13.5. The molecule has 1 amide bonds. The highest BCUT2D eigenvalue weighted by atomic mass is 16.4. The molecule has 1 aliphatic rings. The monoisotopic (exact) mass is 262 g/mol. The summed E-state index contributed by atoms with van der Waals surface area (Å²) in [5.41, 5.74) is 1.13. The fourth-order valence-corrected chi connectivity index (χ4v) is 2.47. The molecule has 0 aromatic heterocycles. The summed E-state index contributed by atoms with van der Waals surface area (Å²) in [7, 11) is 0. The van der Waals surface area contributed by atoms with E-state index < -0.39 is 6.09 Å². The zero-order chi connectivity index (χ0) is 13.8. The van der Waals surface area contributed by atoms with Gasteiger partial charge in [0, 0.05) is 25.7 Å². The molecule has 5 nitrogen and oxygen atoms in total. The second kappa shape index (κ2) is 5.84. The van der Waals surface area contributed by atoms with Crippen LogP contribution in [0.15, 0.2) is 30.3 Å². The van der Waals surface area contributed by atoms with Gasteiger partial charge in [0.05, 0.1) is 6.04 Å². The van der Waals surface area contributed by atoms with Gasteiger partial charge in [-0.15, -0.1) is 0 Å². The molecule has 102 valence electrons. The van der Waals surface area contributed by atoms with Gasteiger partial charge in [0.2, 0.25) is 0 Å². The second-order valence-corrected chi connectivity index (χ2v) is 4.90. The third-order valence-electron chi connectivity index (χ3n) is 3.51. The summed E-state index contributed by atoms with van der Waals surface area (Å²) < 4.78 is 0. The Hall–Kier alpha value is -1.88. The predicted octanol–water partition coefficient (Wildman–Crippen LogP) is 1.44. The van der Waals surface area contributed by atoms with Crippen LogP contribution in [0.2, 0.25) is 0 Å². The Labute approximate surface area is 112 Å². The summed E-state index contributed by atoms with van der Waals surface area (Å²) in [5, 5.41) is 9.09. The zero-order valence-corrected chi connectivity index (χ0v) is 10.9. The average molecular weight is 262 g/mol. The van der Waals surface area contributed by atoms with Crippen molar-refractivity contribution in [3.63, 3.8) is 0 Å². The van der Waals surface area contributed by atoms with Gasteiger partial charge in [-0.1, -0.05) is 30.3 Å². The molecule has 1 aromatic rings. The number of carbonyl (C=O) groups excluding carboxylic acids is 1. The smallest absolute Gasteiger partial charge is 0.407 e. The van der Waals surface area contributed by atoms with Gasteiger partial charge in [-0.3, -0.25) is 4.90 Å². The molecule has 2 atom stereocenters. The van der Waals surface area contributed by atoms with E-state index in [0.29, 0.717) is 13.1 Å². The minimum atomic E-state index is -0.960. The van der Waals surface area contributed by atoms with Crippen molar-refractivity contribution < 1.29 is 14.7 Å². The summed E-state index contributed by atoms with van der Waals surface area (Å²) in [5.74, 6) is 0. The molecule has 2 rings (SSSR count). The molecule has 1 saturated heterocycles. The van der Waals surface area contributed by atoms with Gasteiger partial charge < -0.3 is 14.8 Å². The maximum atomic E-state index is 11.2. The summed E-state index contributed by atoms with van der Waals surface area (Å²) in [6, 6.07) is 9.42. The van der Waals surface area contributed by atoms with Gasteiger partial charge in [-0.2, -0.15) is 0 Å². The van der Waals surface area contributed by atoms with Crippen LogP contribution in [-0.2, 0) is 11.3 Å². The second-order valence-electron chi connectivity index (χ2n) is 4.90. The summed E-state index contributed by atoms with van der Waals surface area (Å²) in [6.45, 7) is 3.35. The number of carbonyl (C=O) groups is 2. The Kier molecular flexibility index (Phi) is 4.16. The number of nitrogens with zero attached hydrogens (tertiary/aromatic N) is 2. The molecule has 0 bridgehead atoms. The highest BCUT2D eigenvalue weighted by molar-refractivity contribution is 5.68. The van der Waals surface area contributed by atoms with E-state index in [-0.39, 0.29) is 18.6 Å². The van der Waals surface area contributed by atoms with Crippen molar-refractivity contribution in [2.75, 3.05) is 13.1 Å². The number of hydrogen-bond acceptors (Lipinski definition) is 3. The zero-order valence-electron chi connectivity index (χ0n) is 10.9. The number of carboxylic acid groups (broad SMARTS) is 1. The molecule has 19 heavy (non-hydrogen) atoms. The Morgan fingerprint density at radius 2 is 2.05 bits per heavy atom. The van der Waals surface area contributed by atoms with Gasteiger partial charge in [0.1, 0.15) is 6.29 Å². The number of rotatable bonds is 3. The third-order valence-corrected chi connectivity index (χ3v) is 3.51. The van der Waals surface area contributed by atoms with Crippen LogP contribution in [0.3, 0.4) is 0 Å². The molecule has 1 heterocycles.